The van der Waals surface area contributed by atoms with Gasteiger partial charge in [-0.1, -0.05) is 36.4 Å². The summed E-state index contributed by atoms with van der Waals surface area (Å²) in [5.41, 5.74) is 1.62. The number of rotatable bonds is 3. The van der Waals surface area contributed by atoms with E-state index in [2.05, 4.69) is 20.4 Å². The van der Waals surface area contributed by atoms with E-state index in [4.69, 9.17) is 0 Å². The van der Waals surface area contributed by atoms with Gasteiger partial charge in [0.25, 0.3) is 0 Å². The summed E-state index contributed by atoms with van der Waals surface area (Å²) in [6.07, 6.45) is 3.25. The minimum absolute atomic E-state index is 0.0603. The Hall–Kier alpha value is -3.48. The van der Waals surface area contributed by atoms with Gasteiger partial charge in [-0.05, 0) is 18.2 Å². The SMILES string of the molecule is O=C(O)C1=CC(c2ccccn2)n2nc(-c3ccccc3)nc2N1. The second kappa shape index (κ2) is 5.62. The third-order valence-corrected chi connectivity index (χ3v) is 3.72. The summed E-state index contributed by atoms with van der Waals surface area (Å²) >= 11 is 0. The van der Waals surface area contributed by atoms with Crippen LogP contribution < -0.4 is 5.32 Å². The van der Waals surface area contributed by atoms with Crippen molar-refractivity contribution < 1.29 is 9.90 Å². The zero-order valence-corrected chi connectivity index (χ0v) is 12.5. The van der Waals surface area contributed by atoms with E-state index in [9.17, 15) is 9.90 Å². The minimum atomic E-state index is -1.05. The molecule has 1 aliphatic rings. The number of fused-ring (bicyclic) bond motifs is 1. The van der Waals surface area contributed by atoms with Crippen LogP contribution in [0.5, 0.6) is 0 Å². The third kappa shape index (κ3) is 2.41. The van der Waals surface area contributed by atoms with Crippen molar-refractivity contribution >= 4 is 11.9 Å². The summed E-state index contributed by atoms with van der Waals surface area (Å²) in [6, 6.07) is 14.6. The number of carboxylic acid groups (broad SMARTS) is 1. The Morgan fingerprint density at radius 3 is 2.62 bits per heavy atom. The molecule has 0 fully saturated rings. The topological polar surface area (TPSA) is 92.9 Å². The van der Waals surface area contributed by atoms with Crippen molar-refractivity contribution in [1.29, 1.82) is 0 Å². The van der Waals surface area contributed by atoms with Crippen LogP contribution in [0.3, 0.4) is 0 Å². The van der Waals surface area contributed by atoms with Crippen LogP contribution >= 0.6 is 0 Å². The van der Waals surface area contributed by atoms with Gasteiger partial charge in [-0.15, -0.1) is 5.10 Å². The predicted molar refractivity (Wildman–Crippen MR) is 87.2 cm³/mol. The predicted octanol–water partition coefficient (Wildman–Crippen LogP) is 2.32. The summed E-state index contributed by atoms with van der Waals surface area (Å²) in [5.74, 6) is -0.144. The number of aromatic nitrogens is 4. The lowest BCUT2D eigenvalue weighted by atomic mass is 10.1. The first-order chi connectivity index (χ1) is 11.7. The maximum Gasteiger partial charge on any atom is 0.352 e. The van der Waals surface area contributed by atoms with Crippen LogP contribution in [0.25, 0.3) is 11.4 Å². The number of pyridine rings is 1. The molecule has 1 atom stereocenters. The second-order valence-electron chi connectivity index (χ2n) is 5.28. The van der Waals surface area contributed by atoms with Crippen LogP contribution in [-0.4, -0.2) is 30.8 Å². The molecule has 1 aromatic carbocycles. The molecule has 2 aromatic heterocycles. The molecular formula is C17H13N5O2. The van der Waals surface area contributed by atoms with Crippen molar-refractivity contribution in [3.8, 4) is 11.4 Å². The standard InChI is InChI=1S/C17H13N5O2/c23-16(24)13-10-14(12-8-4-5-9-18-12)22-17(19-13)20-15(21-22)11-6-2-1-3-7-11/h1-10,14H,(H,23,24)(H,19,20,21). The highest BCUT2D eigenvalue weighted by atomic mass is 16.4. The average molecular weight is 319 g/mol. The molecule has 7 heteroatoms. The van der Waals surface area contributed by atoms with E-state index in [1.54, 1.807) is 17.0 Å². The number of carboxylic acids is 1. The molecule has 4 rings (SSSR count). The van der Waals surface area contributed by atoms with E-state index >= 15 is 0 Å². The Morgan fingerprint density at radius 2 is 1.92 bits per heavy atom. The normalized spacial score (nSPS) is 16.0. The molecule has 0 saturated heterocycles. The van der Waals surface area contributed by atoms with Gasteiger partial charge < -0.3 is 10.4 Å². The van der Waals surface area contributed by atoms with Crippen molar-refractivity contribution in [1.82, 2.24) is 19.7 Å². The van der Waals surface area contributed by atoms with Crippen LogP contribution in [0.4, 0.5) is 5.95 Å². The molecule has 1 unspecified atom stereocenters. The van der Waals surface area contributed by atoms with E-state index < -0.39 is 12.0 Å². The molecule has 3 heterocycles. The number of hydrogen-bond donors (Lipinski definition) is 2. The van der Waals surface area contributed by atoms with Crippen LogP contribution in [-0.2, 0) is 4.79 Å². The molecule has 1 aliphatic heterocycles. The van der Waals surface area contributed by atoms with E-state index in [-0.39, 0.29) is 5.70 Å². The molecule has 7 nitrogen and oxygen atoms in total. The summed E-state index contributed by atoms with van der Waals surface area (Å²) < 4.78 is 1.65. The molecule has 0 saturated carbocycles. The highest BCUT2D eigenvalue weighted by Crippen LogP contribution is 2.29. The summed E-state index contributed by atoms with van der Waals surface area (Å²) in [5, 5.41) is 16.7. The lowest BCUT2D eigenvalue weighted by Crippen LogP contribution is -2.24. The Morgan fingerprint density at radius 1 is 1.12 bits per heavy atom. The van der Waals surface area contributed by atoms with Gasteiger partial charge in [0.05, 0.1) is 5.69 Å². The van der Waals surface area contributed by atoms with Crippen molar-refractivity contribution in [2.45, 2.75) is 6.04 Å². The minimum Gasteiger partial charge on any atom is -0.477 e. The van der Waals surface area contributed by atoms with Crippen LogP contribution in [0.1, 0.15) is 11.7 Å². The lowest BCUT2D eigenvalue weighted by Gasteiger charge is -2.21. The zero-order valence-electron chi connectivity index (χ0n) is 12.5. The lowest BCUT2D eigenvalue weighted by molar-refractivity contribution is -0.132. The van der Waals surface area contributed by atoms with Gasteiger partial charge in [0.15, 0.2) is 5.82 Å². The Labute approximate surface area is 137 Å². The molecule has 118 valence electrons. The van der Waals surface area contributed by atoms with Gasteiger partial charge in [-0.25, -0.2) is 9.48 Å². The monoisotopic (exact) mass is 319 g/mol. The number of aliphatic carboxylic acids is 1. The number of benzene rings is 1. The van der Waals surface area contributed by atoms with E-state index in [0.717, 1.165) is 5.56 Å². The van der Waals surface area contributed by atoms with Gasteiger partial charge in [-0.2, -0.15) is 4.98 Å². The highest BCUT2D eigenvalue weighted by Gasteiger charge is 2.28. The van der Waals surface area contributed by atoms with Crippen LogP contribution in [0.2, 0.25) is 0 Å². The van der Waals surface area contributed by atoms with Crippen LogP contribution in [0, 0.1) is 0 Å². The fraction of sp³-hybridized carbons (Fsp3) is 0.0588. The molecule has 0 aliphatic carbocycles. The van der Waals surface area contributed by atoms with Gasteiger partial charge >= 0.3 is 5.97 Å². The average Bonchev–Trinajstić information content (AvgIpc) is 3.06. The maximum absolute atomic E-state index is 11.4. The number of hydrogen-bond acceptors (Lipinski definition) is 5. The Kier molecular flexibility index (Phi) is 3.31. The van der Waals surface area contributed by atoms with E-state index in [1.807, 2.05) is 48.5 Å². The number of anilines is 1. The highest BCUT2D eigenvalue weighted by molar-refractivity contribution is 5.90. The summed E-state index contributed by atoms with van der Waals surface area (Å²) in [4.78, 5) is 20.2. The van der Waals surface area contributed by atoms with Gasteiger partial charge in [0, 0.05) is 11.8 Å². The fourth-order valence-corrected chi connectivity index (χ4v) is 2.59. The first-order valence-electron chi connectivity index (χ1n) is 7.37. The van der Waals surface area contributed by atoms with Crippen molar-refractivity contribution in [2.24, 2.45) is 0 Å². The molecular weight excluding hydrogens is 306 g/mol. The van der Waals surface area contributed by atoms with Gasteiger partial charge in [0.1, 0.15) is 11.7 Å². The van der Waals surface area contributed by atoms with Crippen molar-refractivity contribution in [2.75, 3.05) is 5.32 Å². The largest absolute Gasteiger partial charge is 0.477 e. The zero-order chi connectivity index (χ0) is 16.5. The number of carbonyl (C=O) groups is 1. The smallest absolute Gasteiger partial charge is 0.352 e. The number of allylic oxidation sites excluding steroid dienone is 1. The maximum atomic E-state index is 11.4. The molecule has 0 radical (unpaired) electrons. The second-order valence-corrected chi connectivity index (χ2v) is 5.28. The molecule has 0 spiro atoms. The van der Waals surface area contributed by atoms with Crippen molar-refractivity contribution in [3.05, 3.63) is 72.2 Å². The molecule has 0 bridgehead atoms. The molecule has 24 heavy (non-hydrogen) atoms. The Bertz CT molecular complexity index is 919. The van der Waals surface area contributed by atoms with E-state index in [1.165, 1.54) is 0 Å². The summed E-state index contributed by atoms with van der Waals surface area (Å²) in [7, 11) is 0. The molecule has 3 aromatic rings. The van der Waals surface area contributed by atoms with Crippen molar-refractivity contribution in [3.63, 3.8) is 0 Å². The van der Waals surface area contributed by atoms with E-state index in [0.29, 0.717) is 17.5 Å². The molecule has 0 amide bonds. The van der Waals surface area contributed by atoms with Crippen LogP contribution in [0.15, 0.2) is 66.5 Å². The molecule has 2 N–H and O–H groups in total. The number of nitrogens with zero attached hydrogens (tertiary/aromatic N) is 4. The first kappa shape index (κ1) is 14.1. The Balaban J connectivity index is 1.83. The quantitative estimate of drug-likeness (QED) is 0.769. The fourth-order valence-electron chi connectivity index (χ4n) is 2.59. The number of nitrogens with one attached hydrogen (secondary N) is 1. The third-order valence-electron chi connectivity index (χ3n) is 3.72. The van der Waals surface area contributed by atoms with Gasteiger partial charge in [-0.3, -0.25) is 4.98 Å². The first-order valence-corrected chi connectivity index (χ1v) is 7.37. The van der Waals surface area contributed by atoms with Gasteiger partial charge in [0.2, 0.25) is 5.95 Å². The summed E-state index contributed by atoms with van der Waals surface area (Å²) in [6.45, 7) is 0.